The van der Waals surface area contributed by atoms with Gasteiger partial charge in [0.2, 0.25) is 0 Å². The summed E-state index contributed by atoms with van der Waals surface area (Å²) in [5, 5.41) is 22.0. The summed E-state index contributed by atoms with van der Waals surface area (Å²) in [4.78, 5) is 37.8. The fraction of sp³-hybridized carbons (Fsp3) is 0.0435. The molecule has 0 saturated carbocycles. The first kappa shape index (κ1) is 20.5. The maximum Gasteiger partial charge on any atom is 0.300 e. The van der Waals surface area contributed by atoms with Gasteiger partial charge in [-0.05, 0) is 42.0 Å². The van der Waals surface area contributed by atoms with Crippen LogP contribution in [0, 0.1) is 10.1 Å². The van der Waals surface area contributed by atoms with Crippen molar-refractivity contribution in [3.8, 4) is 0 Å². The number of ketones is 1. The van der Waals surface area contributed by atoms with E-state index in [-0.39, 0.29) is 17.0 Å². The molecule has 0 spiro atoms. The van der Waals surface area contributed by atoms with Gasteiger partial charge in [0.1, 0.15) is 5.76 Å². The lowest BCUT2D eigenvalue weighted by Crippen LogP contribution is -2.29. The number of rotatable bonds is 4. The molecular formula is C23H15BrN2O5. The van der Waals surface area contributed by atoms with Crippen LogP contribution in [0.4, 0.5) is 11.4 Å². The first-order chi connectivity index (χ1) is 14.9. The van der Waals surface area contributed by atoms with Crippen molar-refractivity contribution in [2.24, 2.45) is 0 Å². The van der Waals surface area contributed by atoms with E-state index in [0.29, 0.717) is 16.8 Å². The lowest BCUT2D eigenvalue weighted by Gasteiger charge is -2.25. The largest absolute Gasteiger partial charge is 0.507 e. The summed E-state index contributed by atoms with van der Waals surface area (Å²) in [7, 11) is 0. The van der Waals surface area contributed by atoms with Crippen LogP contribution in [0.15, 0.2) is 88.9 Å². The Balaban J connectivity index is 1.93. The second-order valence-electron chi connectivity index (χ2n) is 6.86. The number of nitro benzene ring substituents is 1. The summed E-state index contributed by atoms with van der Waals surface area (Å²) in [6.45, 7) is 0. The molecule has 7 nitrogen and oxygen atoms in total. The Labute approximate surface area is 185 Å². The number of nitrogens with zero attached hydrogens (tertiary/aromatic N) is 2. The normalized spacial score (nSPS) is 17.7. The minimum absolute atomic E-state index is 0.0760. The first-order valence-electron chi connectivity index (χ1n) is 9.25. The highest BCUT2D eigenvalue weighted by molar-refractivity contribution is 9.10. The molecule has 0 bridgehead atoms. The molecule has 1 atom stereocenters. The SMILES string of the molecule is O=C1C(=O)N(c2ccc(Br)cc2)[C@@H](c2ccc([N+](=O)[O-])cc2)/C1=C(\O)c1ccccc1. The van der Waals surface area contributed by atoms with Gasteiger partial charge in [0.25, 0.3) is 17.4 Å². The molecule has 1 saturated heterocycles. The number of amides is 1. The fourth-order valence-electron chi connectivity index (χ4n) is 3.55. The number of Topliss-reactive ketones (excluding diaryl/α,β-unsaturated/α-hetero) is 1. The van der Waals surface area contributed by atoms with Crippen LogP contribution in [0.5, 0.6) is 0 Å². The van der Waals surface area contributed by atoms with E-state index in [2.05, 4.69) is 15.9 Å². The van der Waals surface area contributed by atoms with Crippen LogP contribution >= 0.6 is 15.9 Å². The zero-order valence-electron chi connectivity index (χ0n) is 15.9. The Hall–Kier alpha value is -3.78. The molecule has 4 rings (SSSR count). The van der Waals surface area contributed by atoms with Gasteiger partial charge < -0.3 is 5.11 Å². The van der Waals surface area contributed by atoms with Crippen LogP contribution in [0.25, 0.3) is 5.76 Å². The smallest absolute Gasteiger partial charge is 0.300 e. The monoisotopic (exact) mass is 478 g/mol. The number of hydrogen-bond donors (Lipinski definition) is 1. The molecule has 3 aromatic rings. The van der Waals surface area contributed by atoms with Gasteiger partial charge in [0.15, 0.2) is 0 Å². The molecule has 0 unspecified atom stereocenters. The Morgan fingerprint density at radius 1 is 0.935 bits per heavy atom. The summed E-state index contributed by atoms with van der Waals surface area (Å²) in [6.07, 6.45) is 0. The summed E-state index contributed by atoms with van der Waals surface area (Å²) < 4.78 is 0.795. The highest BCUT2D eigenvalue weighted by Gasteiger charge is 2.47. The van der Waals surface area contributed by atoms with E-state index < -0.39 is 22.7 Å². The summed E-state index contributed by atoms with van der Waals surface area (Å²) in [5.41, 5.74) is 1.12. The number of nitro groups is 1. The molecule has 31 heavy (non-hydrogen) atoms. The van der Waals surface area contributed by atoms with Gasteiger partial charge in [-0.2, -0.15) is 0 Å². The van der Waals surface area contributed by atoms with Crippen LogP contribution in [0.3, 0.4) is 0 Å². The standard InChI is InChI=1S/C23H15BrN2O5/c24-16-8-12-17(13-9-16)25-20(14-6-10-18(11-7-14)26(30)31)19(22(28)23(25)29)21(27)15-4-2-1-3-5-15/h1-13,20,27H/b21-19+/t20-/m0/s1. The van der Waals surface area contributed by atoms with Crippen LogP contribution in [0.2, 0.25) is 0 Å². The van der Waals surface area contributed by atoms with Crippen molar-refractivity contribution in [3.05, 3.63) is 110 Å². The molecule has 0 radical (unpaired) electrons. The van der Waals surface area contributed by atoms with Gasteiger partial charge in [-0.3, -0.25) is 24.6 Å². The van der Waals surface area contributed by atoms with E-state index in [1.807, 2.05) is 0 Å². The van der Waals surface area contributed by atoms with Gasteiger partial charge in [0.05, 0.1) is 16.5 Å². The third-order valence-electron chi connectivity index (χ3n) is 5.02. The molecule has 1 aliphatic heterocycles. The predicted octanol–water partition coefficient (Wildman–Crippen LogP) is 4.98. The van der Waals surface area contributed by atoms with Crippen molar-refractivity contribution in [1.29, 1.82) is 0 Å². The number of carbonyl (C=O) groups is 2. The van der Waals surface area contributed by atoms with Gasteiger partial charge in [-0.1, -0.05) is 46.3 Å². The second kappa shape index (κ2) is 8.16. The van der Waals surface area contributed by atoms with Gasteiger partial charge in [-0.15, -0.1) is 0 Å². The van der Waals surface area contributed by atoms with Gasteiger partial charge in [-0.25, -0.2) is 0 Å². The number of halogens is 1. The molecule has 1 amide bonds. The van der Waals surface area contributed by atoms with Crippen LogP contribution in [0.1, 0.15) is 17.2 Å². The number of aliphatic hydroxyl groups is 1. The molecular weight excluding hydrogens is 464 g/mol. The van der Waals surface area contributed by atoms with Crippen LogP contribution in [-0.4, -0.2) is 21.7 Å². The van der Waals surface area contributed by atoms with Crippen molar-refractivity contribution < 1.29 is 19.6 Å². The maximum atomic E-state index is 13.0. The van der Waals surface area contributed by atoms with Crippen molar-refractivity contribution in [2.75, 3.05) is 4.90 Å². The number of carbonyl (C=O) groups excluding carboxylic acids is 2. The zero-order valence-corrected chi connectivity index (χ0v) is 17.5. The lowest BCUT2D eigenvalue weighted by molar-refractivity contribution is -0.384. The highest BCUT2D eigenvalue weighted by Crippen LogP contribution is 2.42. The zero-order chi connectivity index (χ0) is 22.1. The molecule has 0 aromatic heterocycles. The molecule has 1 N–H and O–H groups in total. The fourth-order valence-corrected chi connectivity index (χ4v) is 3.81. The predicted molar refractivity (Wildman–Crippen MR) is 118 cm³/mol. The topological polar surface area (TPSA) is 101 Å². The molecule has 3 aromatic carbocycles. The number of anilines is 1. The third-order valence-corrected chi connectivity index (χ3v) is 5.54. The Morgan fingerprint density at radius 2 is 1.55 bits per heavy atom. The molecule has 1 aliphatic rings. The maximum absolute atomic E-state index is 13.0. The second-order valence-corrected chi connectivity index (χ2v) is 7.78. The van der Waals surface area contributed by atoms with Crippen LogP contribution < -0.4 is 4.90 Å². The third kappa shape index (κ3) is 3.73. The number of benzene rings is 3. The van der Waals surface area contributed by atoms with E-state index in [4.69, 9.17) is 0 Å². The van der Waals surface area contributed by atoms with Crippen molar-refractivity contribution in [3.63, 3.8) is 0 Å². The van der Waals surface area contributed by atoms with E-state index in [9.17, 15) is 24.8 Å². The van der Waals surface area contributed by atoms with E-state index in [1.54, 1.807) is 54.6 Å². The minimum Gasteiger partial charge on any atom is -0.507 e. The number of non-ortho nitro benzene ring substituents is 1. The Morgan fingerprint density at radius 3 is 2.13 bits per heavy atom. The molecule has 0 aliphatic carbocycles. The molecule has 154 valence electrons. The average Bonchev–Trinajstić information content (AvgIpc) is 3.05. The van der Waals surface area contributed by atoms with E-state index >= 15 is 0 Å². The van der Waals surface area contributed by atoms with Gasteiger partial charge >= 0.3 is 0 Å². The summed E-state index contributed by atoms with van der Waals surface area (Å²) in [5.74, 6) is -1.92. The summed E-state index contributed by atoms with van der Waals surface area (Å²) >= 11 is 3.34. The number of hydrogen-bond acceptors (Lipinski definition) is 5. The molecule has 1 fully saturated rings. The quantitative estimate of drug-likeness (QED) is 0.187. The Kier molecular flexibility index (Phi) is 5.39. The van der Waals surface area contributed by atoms with Gasteiger partial charge in [0, 0.05) is 27.9 Å². The highest BCUT2D eigenvalue weighted by atomic mass is 79.9. The van der Waals surface area contributed by atoms with Crippen molar-refractivity contribution in [2.45, 2.75) is 6.04 Å². The molecule has 8 heteroatoms. The first-order valence-corrected chi connectivity index (χ1v) is 10.0. The van der Waals surface area contributed by atoms with E-state index in [1.165, 1.54) is 29.2 Å². The summed E-state index contributed by atoms with van der Waals surface area (Å²) in [6, 6.07) is 19.9. The lowest BCUT2D eigenvalue weighted by atomic mass is 9.95. The average molecular weight is 479 g/mol. The number of aliphatic hydroxyl groups excluding tert-OH is 1. The van der Waals surface area contributed by atoms with Crippen molar-refractivity contribution >= 4 is 44.8 Å². The Bertz CT molecular complexity index is 1200. The van der Waals surface area contributed by atoms with E-state index in [0.717, 1.165) is 4.47 Å². The molecule has 1 heterocycles. The van der Waals surface area contributed by atoms with Crippen molar-refractivity contribution in [1.82, 2.24) is 0 Å². The van der Waals surface area contributed by atoms with Crippen LogP contribution in [-0.2, 0) is 9.59 Å². The minimum atomic E-state index is -0.942.